The molecule has 1 fully saturated rings. The second kappa shape index (κ2) is 5.53. The van der Waals surface area contributed by atoms with Crippen molar-refractivity contribution in [2.75, 3.05) is 18.8 Å². The average Bonchev–Trinajstić information content (AvgIpc) is 2.80. The monoisotopic (exact) mass is 276 g/mol. The summed E-state index contributed by atoms with van der Waals surface area (Å²) >= 11 is 0. The quantitative estimate of drug-likeness (QED) is 0.817. The third kappa shape index (κ3) is 3.10. The number of nitrogens with zero attached hydrogens (tertiary/aromatic N) is 1. The van der Waals surface area contributed by atoms with Gasteiger partial charge in [0.1, 0.15) is 0 Å². The molecule has 0 spiro atoms. The summed E-state index contributed by atoms with van der Waals surface area (Å²) in [5.74, 6) is -0.818. The molecule has 3 N–H and O–H groups in total. The summed E-state index contributed by atoms with van der Waals surface area (Å²) in [5, 5.41) is 9.16. The molecule has 1 amide bonds. The number of rotatable bonds is 4. The van der Waals surface area contributed by atoms with Gasteiger partial charge < -0.3 is 15.7 Å². The molecule has 0 aliphatic carbocycles. The minimum Gasteiger partial charge on any atom is -0.481 e. The molecule has 1 heterocycles. The molecular formula is C15H20N2O3. The number of carbonyl (C=O) groups is 2. The van der Waals surface area contributed by atoms with Crippen LogP contribution in [0.1, 0.15) is 25.3 Å². The minimum absolute atomic E-state index is 0.0115. The topological polar surface area (TPSA) is 83.6 Å². The van der Waals surface area contributed by atoms with Gasteiger partial charge in [-0.3, -0.25) is 9.59 Å². The normalized spacial score (nSPS) is 21.9. The van der Waals surface area contributed by atoms with Crippen molar-refractivity contribution in [3.63, 3.8) is 0 Å². The first-order valence-corrected chi connectivity index (χ1v) is 6.76. The van der Waals surface area contributed by atoms with E-state index >= 15 is 0 Å². The van der Waals surface area contributed by atoms with Gasteiger partial charge in [-0.2, -0.15) is 0 Å². The Kier molecular flexibility index (Phi) is 3.97. The van der Waals surface area contributed by atoms with Gasteiger partial charge in [0.25, 0.3) is 0 Å². The van der Waals surface area contributed by atoms with E-state index in [1.54, 1.807) is 11.8 Å². The molecule has 0 saturated carbocycles. The Labute approximate surface area is 118 Å². The average molecular weight is 276 g/mol. The summed E-state index contributed by atoms with van der Waals surface area (Å²) in [6.45, 7) is 2.52. The van der Waals surface area contributed by atoms with Crippen LogP contribution < -0.4 is 5.73 Å². The van der Waals surface area contributed by atoms with Crippen molar-refractivity contribution in [3.8, 4) is 0 Å². The molecule has 1 aliphatic rings. The fourth-order valence-corrected chi connectivity index (χ4v) is 2.51. The predicted octanol–water partition coefficient (Wildman–Crippen LogP) is 1.52. The molecule has 0 radical (unpaired) electrons. The summed E-state index contributed by atoms with van der Waals surface area (Å²) in [6.07, 6.45) is 1.54. The summed E-state index contributed by atoms with van der Waals surface area (Å²) in [5.41, 5.74) is 6.61. The number of likely N-dealkylation sites (tertiary alicyclic amines) is 1. The SMILES string of the molecule is CC1(C(=O)O)CCN(C(=O)CCc2cccc(N)c2)C1. The molecule has 1 aromatic carbocycles. The summed E-state index contributed by atoms with van der Waals surface area (Å²) in [6, 6.07) is 7.48. The van der Waals surface area contributed by atoms with Crippen LogP contribution in [0.3, 0.4) is 0 Å². The van der Waals surface area contributed by atoms with Crippen molar-refractivity contribution < 1.29 is 14.7 Å². The lowest BCUT2D eigenvalue weighted by atomic mass is 9.90. The molecular weight excluding hydrogens is 256 g/mol. The van der Waals surface area contributed by atoms with E-state index in [2.05, 4.69) is 0 Å². The molecule has 0 bridgehead atoms. The van der Waals surface area contributed by atoms with Gasteiger partial charge in [-0.25, -0.2) is 0 Å². The number of carboxylic acid groups (broad SMARTS) is 1. The molecule has 1 aliphatic heterocycles. The van der Waals surface area contributed by atoms with Gasteiger partial charge in [-0.15, -0.1) is 0 Å². The second-order valence-electron chi connectivity index (χ2n) is 5.68. The van der Waals surface area contributed by atoms with Crippen molar-refractivity contribution in [1.29, 1.82) is 0 Å². The van der Waals surface area contributed by atoms with Crippen molar-refractivity contribution in [1.82, 2.24) is 4.90 Å². The zero-order valence-electron chi connectivity index (χ0n) is 11.6. The largest absolute Gasteiger partial charge is 0.481 e. The van der Waals surface area contributed by atoms with Crippen LogP contribution in [-0.4, -0.2) is 35.0 Å². The fraction of sp³-hybridized carbons (Fsp3) is 0.467. The van der Waals surface area contributed by atoms with Crippen molar-refractivity contribution >= 4 is 17.6 Å². The van der Waals surface area contributed by atoms with Crippen LogP contribution in [0.4, 0.5) is 5.69 Å². The van der Waals surface area contributed by atoms with Gasteiger partial charge in [0, 0.05) is 25.2 Å². The van der Waals surface area contributed by atoms with Crippen LogP contribution >= 0.6 is 0 Å². The summed E-state index contributed by atoms with van der Waals surface area (Å²) < 4.78 is 0. The van der Waals surface area contributed by atoms with Gasteiger partial charge >= 0.3 is 5.97 Å². The number of aryl methyl sites for hydroxylation is 1. The Balaban J connectivity index is 1.89. The maximum atomic E-state index is 12.1. The number of aliphatic carboxylic acids is 1. The first kappa shape index (κ1) is 14.4. The van der Waals surface area contributed by atoms with E-state index in [-0.39, 0.29) is 5.91 Å². The van der Waals surface area contributed by atoms with Crippen LogP contribution in [0, 0.1) is 5.41 Å². The van der Waals surface area contributed by atoms with Crippen molar-refractivity contribution in [2.45, 2.75) is 26.2 Å². The van der Waals surface area contributed by atoms with Crippen LogP contribution in [0.25, 0.3) is 0 Å². The number of amides is 1. The number of nitrogens with two attached hydrogens (primary N) is 1. The van der Waals surface area contributed by atoms with Crippen LogP contribution in [0.15, 0.2) is 24.3 Å². The second-order valence-corrected chi connectivity index (χ2v) is 5.68. The van der Waals surface area contributed by atoms with E-state index < -0.39 is 11.4 Å². The smallest absolute Gasteiger partial charge is 0.311 e. The van der Waals surface area contributed by atoms with Gasteiger partial charge in [0.15, 0.2) is 0 Å². The van der Waals surface area contributed by atoms with E-state index in [0.29, 0.717) is 38.0 Å². The Morgan fingerprint density at radius 1 is 1.45 bits per heavy atom. The number of hydrogen-bond donors (Lipinski definition) is 2. The van der Waals surface area contributed by atoms with Crippen LogP contribution in [0.5, 0.6) is 0 Å². The fourth-order valence-electron chi connectivity index (χ4n) is 2.51. The molecule has 108 valence electrons. The molecule has 2 rings (SSSR count). The summed E-state index contributed by atoms with van der Waals surface area (Å²) in [7, 11) is 0. The molecule has 5 heteroatoms. The predicted molar refractivity (Wildman–Crippen MR) is 76.1 cm³/mol. The molecule has 5 nitrogen and oxygen atoms in total. The Bertz CT molecular complexity index is 530. The number of benzene rings is 1. The lowest BCUT2D eigenvalue weighted by molar-refractivity contribution is -0.147. The summed E-state index contributed by atoms with van der Waals surface area (Å²) in [4.78, 5) is 24.9. The van der Waals surface area contributed by atoms with Gasteiger partial charge in [0.05, 0.1) is 5.41 Å². The Morgan fingerprint density at radius 3 is 2.80 bits per heavy atom. The third-order valence-electron chi connectivity index (χ3n) is 3.92. The van der Waals surface area contributed by atoms with Gasteiger partial charge in [0.2, 0.25) is 5.91 Å². The molecule has 1 aromatic rings. The lowest BCUT2D eigenvalue weighted by Crippen LogP contribution is -2.34. The minimum atomic E-state index is -0.830. The molecule has 1 atom stereocenters. The van der Waals surface area contributed by atoms with E-state index in [1.807, 2.05) is 24.3 Å². The standard InChI is InChI=1S/C15H20N2O3/c1-15(14(19)20)7-8-17(10-15)13(18)6-5-11-3-2-4-12(16)9-11/h2-4,9H,5-8,10,16H2,1H3,(H,19,20). The van der Waals surface area contributed by atoms with E-state index in [0.717, 1.165) is 5.56 Å². The molecule has 20 heavy (non-hydrogen) atoms. The van der Waals surface area contributed by atoms with E-state index in [9.17, 15) is 9.59 Å². The first-order chi connectivity index (χ1) is 9.40. The number of carbonyl (C=O) groups excluding carboxylic acids is 1. The first-order valence-electron chi connectivity index (χ1n) is 6.76. The molecule has 1 unspecified atom stereocenters. The Hall–Kier alpha value is -2.04. The zero-order valence-corrected chi connectivity index (χ0v) is 11.6. The number of hydrogen-bond acceptors (Lipinski definition) is 3. The molecule has 1 saturated heterocycles. The zero-order chi connectivity index (χ0) is 14.8. The van der Waals surface area contributed by atoms with E-state index in [1.165, 1.54) is 0 Å². The lowest BCUT2D eigenvalue weighted by Gasteiger charge is -2.20. The highest BCUT2D eigenvalue weighted by atomic mass is 16.4. The highest BCUT2D eigenvalue weighted by Gasteiger charge is 2.41. The number of nitrogen functional groups attached to an aromatic ring is 1. The maximum absolute atomic E-state index is 12.1. The van der Waals surface area contributed by atoms with E-state index in [4.69, 9.17) is 10.8 Å². The third-order valence-corrected chi connectivity index (χ3v) is 3.92. The van der Waals surface area contributed by atoms with Crippen molar-refractivity contribution in [3.05, 3.63) is 29.8 Å². The van der Waals surface area contributed by atoms with Crippen LogP contribution in [0.2, 0.25) is 0 Å². The van der Waals surface area contributed by atoms with Gasteiger partial charge in [-0.1, -0.05) is 12.1 Å². The van der Waals surface area contributed by atoms with Crippen LogP contribution in [-0.2, 0) is 16.0 Å². The number of carboxylic acids is 1. The highest BCUT2D eigenvalue weighted by molar-refractivity contribution is 5.80. The molecule has 0 aromatic heterocycles. The highest BCUT2D eigenvalue weighted by Crippen LogP contribution is 2.30. The Morgan fingerprint density at radius 2 is 2.20 bits per heavy atom. The maximum Gasteiger partial charge on any atom is 0.311 e. The van der Waals surface area contributed by atoms with Crippen molar-refractivity contribution in [2.24, 2.45) is 5.41 Å². The number of anilines is 1. The van der Waals surface area contributed by atoms with Gasteiger partial charge in [-0.05, 0) is 37.5 Å².